The minimum atomic E-state index is -0.252. The molecular formula is C12H12FNO. The molecule has 1 aromatic heterocycles. The van der Waals surface area contributed by atoms with Gasteiger partial charge in [-0.25, -0.2) is 4.39 Å². The number of hydrogen-bond donors (Lipinski definition) is 1. The Kier molecular flexibility index (Phi) is 2.56. The molecule has 0 bridgehead atoms. The molecule has 0 unspecified atom stereocenters. The summed E-state index contributed by atoms with van der Waals surface area (Å²) >= 11 is 0. The number of furan rings is 1. The molecule has 0 aliphatic carbocycles. The summed E-state index contributed by atoms with van der Waals surface area (Å²) in [4.78, 5) is 0. The Labute approximate surface area is 87.5 Å². The number of benzene rings is 1. The lowest BCUT2D eigenvalue weighted by Gasteiger charge is -2.00. The Balaban J connectivity index is 2.33. The van der Waals surface area contributed by atoms with E-state index in [0.717, 1.165) is 11.3 Å². The zero-order valence-corrected chi connectivity index (χ0v) is 8.41. The number of halogens is 1. The number of hydrogen-bond acceptors (Lipinski definition) is 2. The Morgan fingerprint density at radius 2 is 1.80 bits per heavy atom. The second kappa shape index (κ2) is 3.87. The van der Waals surface area contributed by atoms with E-state index < -0.39 is 0 Å². The lowest BCUT2D eigenvalue weighted by atomic mass is 10.2. The average molecular weight is 205 g/mol. The van der Waals surface area contributed by atoms with Crippen molar-refractivity contribution >= 4 is 0 Å². The Hall–Kier alpha value is -1.61. The summed E-state index contributed by atoms with van der Waals surface area (Å²) in [5.74, 6) is 1.19. The Morgan fingerprint density at radius 3 is 2.33 bits per heavy atom. The third-order valence-electron chi connectivity index (χ3n) is 2.20. The van der Waals surface area contributed by atoms with Gasteiger partial charge >= 0.3 is 0 Å². The largest absolute Gasteiger partial charge is 0.459 e. The van der Waals surface area contributed by atoms with Crippen LogP contribution >= 0.6 is 0 Å². The van der Waals surface area contributed by atoms with Gasteiger partial charge in [0.1, 0.15) is 17.3 Å². The highest BCUT2D eigenvalue weighted by Crippen LogP contribution is 2.24. The highest BCUT2D eigenvalue weighted by molar-refractivity contribution is 5.57. The molecule has 1 atom stereocenters. The maximum absolute atomic E-state index is 12.7. The molecule has 1 heterocycles. The van der Waals surface area contributed by atoms with Crippen LogP contribution in [-0.4, -0.2) is 0 Å². The van der Waals surface area contributed by atoms with E-state index >= 15 is 0 Å². The van der Waals surface area contributed by atoms with E-state index in [4.69, 9.17) is 10.2 Å². The fourth-order valence-electron chi connectivity index (χ4n) is 1.37. The molecule has 0 saturated carbocycles. The monoisotopic (exact) mass is 205 g/mol. The summed E-state index contributed by atoms with van der Waals surface area (Å²) in [6, 6.07) is 9.72. The summed E-state index contributed by atoms with van der Waals surface area (Å²) in [5.41, 5.74) is 6.53. The molecule has 0 saturated heterocycles. The first-order chi connectivity index (χ1) is 7.16. The van der Waals surface area contributed by atoms with Crippen molar-refractivity contribution in [2.75, 3.05) is 0 Å². The van der Waals surface area contributed by atoms with E-state index in [1.54, 1.807) is 12.1 Å². The van der Waals surface area contributed by atoms with Gasteiger partial charge in [0, 0.05) is 5.56 Å². The van der Waals surface area contributed by atoms with E-state index in [1.807, 2.05) is 19.1 Å². The normalized spacial score (nSPS) is 12.7. The zero-order valence-electron chi connectivity index (χ0n) is 8.41. The first-order valence-corrected chi connectivity index (χ1v) is 4.78. The van der Waals surface area contributed by atoms with Gasteiger partial charge in [0.2, 0.25) is 0 Å². The van der Waals surface area contributed by atoms with Crippen LogP contribution in [0.15, 0.2) is 40.8 Å². The lowest BCUT2D eigenvalue weighted by Crippen LogP contribution is -2.02. The van der Waals surface area contributed by atoms with Crippen molar-refractivity contribution in [3.05, 3.63) is 48.0 Å². The molecule has 0 aliphatic heterocycles. The second-order valence-electron chi connectivity index (χ2n) is 3.50. The lowest BCUT2D eigenvalue weighted by molar-refractivity contribution is 0.491. The molecule has 0 aliphatic rings. The molecule has 0 fully saturated rings. The van der Waals surface area contributed by atoms with Gasteiger partial charge < -0.3 is 10.2 Å². The quantitative estimate of drug-likeness (QED) is 0.818. The predicted octanol–water partition coefficient (Wildman–Crippen LogP) is 3.11. The van der Waals surface area contributed by atoms with Gasteiger partial charge in [0.15, 0.2) is 0 Å². The van der Waals surface area contributed by atoms with Crippen molar-refractivity contribution < 1.29 is 8.81 Å². The van der Waals surface area contributed by atoms with Crippen molar-refractivity contribution in [1.29, 1.82) is 0 Å². The SMILES string of the molecule is C[C@@H](N)c1ccc(-c2ccc(F)cc2)o1. The van der Waals surface area contributed by atoms with Crippen molar-refractivity contribution in [3.8, 4) is 11.3 Å². The van der Waals surface area contributed by atoms with Gasteiger partial charge in [-0.1, -0.05) is 0 Å². The third-order valence-corrected chi connectivity index (χ3v) is 2.20. The minimum Gasteiger partial charge on any atom is -0.459 e. The number of nitrogens with two attached hydrogens (primary N) is 1. The Morgan fingerprint density at radius 1 is 1.13 bits per heavy atom. The third kappa shape index (κ3) is 2.07. The standard InChI is InChI=1S/C12H12FNO/c1-8(14)11-6-7-12(15-11)9-2-4-10(13)5-3-9/h2-8H,14H2,1H3/t8-/m1/s1. The molecule has 3 heteroatoms. The van der Waals surface area contributed by atoms with E-state index in [2.05, 4.69) is 0 Å². The van der Waals surface area contributed by atoms with Crippen LogP contribution in [0.3, 0.4) is 0 Å². The maximum Gasteiger partial charge on any atom is 0.134 e. The second-order valence-corrected chi connectivity index (χ2v) is 3.50. The summed E-state index contributed by atoms with van der Waals surface area (Å²) < 4.78 is 18.2. The van der Waals surface area contributed by atoms with Crippen LogP contribution in [0.4, 0.5) is 4.39 Å². The van der Waals surface area contributed by atoms with Crippen molar-refractivity contribution in [2.24, 2.45) is 5.73 Å². The summed E-state index contributed by atoms with van der Waals surface area (Å²) in [6.45, 7) is 1.85. The van der Waals surface area contributed by atoms with Crippen LogP contribution in [0.1, 0.15) is 18.7 Å². The van der Waals surface area contributed by atoms with Gasteiger partial charge in [0.25, 0.3) is 0 Å². The summed E-state index contributed by atoms with van der Waals surface area (Å²) in [6.07, 6.45) is 0. The first kappa shape index (κ1) is 9.93. The molecule has 78 valence electrons. The van der Waals surface area contributed by atoms with Crippen LogP contribution in [0.2, 0.25) is 0 Å². The smallest absolute Gasteiger partial charge is 0.134 e. The molecule has 0 amide bonds. The average Bonchev–Trinajstić information content (AvgIpc) is 2.68. The molecule has 2 rings (SSSR count). The van der Waals surface area contributed by atoms with Gasteiger partial charge in [-0.15, -0.1) is 0 Å². The van der Waals surface area contributed by atoms with E-state index in [1.165, 1.54) is 12.1 Å². The molecule has 15 heavy (non-hydrogen) atoms. The van der Waals surface area contributed by atoms with E-state index in [0.29, 0.717) is 5.76 Å². The Bertz CT molecular complexity index is 445. The molecule has 0 radical (unpaired) electrons. The van der Waals surface area contributed by atoms with Gasteiger partial charge in [-0.3, -0.25) is 0 Å². The summed E-state index contributed by atoms with van der Waals surface area (Å²) in [5, 5.41) is 0. The molecule has 2 aromatic rings. The fourth-order valence-corrected chi connectivity index (χ4v) is 1.37. The maximum atomic E-state index is 12.7. The van der Waals surface area contributed by atoms with Gasteiger partial charge in [-0.2, -0.15) is 0 Å². The van der Waals surface area contributed by atoms with E-state index in [9.17, 15) is 4.39 Å². The van der Waals surface area contributed by atoms with Crippen LogP contribution in [0.25, 0.3) is 11.3 Å². The molecular weight excluding hydrogens is 193 g/mol. The topological polar surface area (TPSA) is 39.2 Å². The van der Waals surface area contributed by atoms with Crippen LogP contribution in [0, 0.1) is 5.82 Å². The highest BCUT2D eigenvalue weighted by atomic mass is 19.1. The van der Waals surface area contributed by atoms with Crippen LogP contribution < -0.4 is 5.73 Å². The zero-order chi connectivity index (χ0) is 10.8. The highest BCUT2D eigenvalue weighted by Gasteiger charge is 2.07. The van der Waals surface area contributed by atoms with Crippen molar-refractivity contribution in [3.63, 3.8) is 0 Å². The van der Waals surface area contributed by atoms with E-state index in [-0.39, 0.29) is 11.9 Å². The first-order valence-electron chi connectivity index (χ1n) is 4.78. The summed E-state index contributed by atoms with van der Waals surface area (Å²) in [7, 11) is 0. The minimum absolute atomic E-state index is 0.126. The molecule has 2 N–H and O–H groups in total. The van der Waals surface area contributed by atoms with Crippen LogP contribution in [0.5, 0.6) is 0 Å². The fraction of sp³-hybridized carbons (Fsp3) is 0.167. The number of rotatable bonds is 2. The molecule has 2 nitrogen and oxygen atoms in total. The van der Waals surface area contributed by atoms with Gasteiger partial charge in [0.05, 0.1) is 6.04 Å². The van der Waals surface area contributed by atoms with Crippen molar-refractivity contribution in [2.45, 2.75) is 13.0 Å². The molecule has 1 aromatic carbocycles. The molecule has 0 spiro atoms. The predicted molar refractivity (Wildman–Crippen MR) is 56.7 cm³/mol. The van der Waals surface area contributed by atoms with Gasteiger partial charge in [-0.05, 0) is 43.3 Å². The van der Waals surface area contributed by atoms with Crippen molar-refractivity contribution in [1.82, 2.24) is 0 Å². The van der Waals surface area contributed by atoms with Crippen LogP contribution in [-0.2, 0) is 0 Å².